The molecule has 3 rings (SSSR count). The minimum absolute atomic E-state index is 0.168. The molecule has 0 saturated heterocycles. The van der Waals surface area contributed by atoms with Crippen molar-refractivity contribution in [3.05, 3.63) is 64.0 Å². The van der Waals surface area contributed by atoms with E-state index in [1.54, 1.807) is 36.6 Å². The predicted octanol–water partition coefficient (Wildman–Crippen LogP) is 5.50. The summed E-state index contributed by atoms with van der Waals surface area (Å²) in [7, 11) is 1.59. The minimum Gasteiger partial charge on any atom is -0.497 e. The summed E-state index contributed by atoms with van der Waals surface area (Å²) in [6, 6.07) is 14.9. The molecule has 0 aliphatic rings. The first-order chi connectivity index (χ1) is 12.5. The summed E-state index contributed by atoms with van der Waals surface area (Å²) in [6.07, 6.45) is 0. The number of thiazole rings is 1. The lowest BCUT2D eigenvalue weighted by Crippen LogP contribution is -2.11. The Hall–Kier alpha value is -2.66. The second kappa shape index (κ2) is 7.70. The average molecular weight is 366 g/mol. The fraction of sp³-hybridized carbons (Fsp3) is 0.238. The van der Waals surface area contributed by atoms with Crippen molar-refractivity contribution in [1.29, 1.82) is 0 Å². The molecule has 1 aromatic heterocycles. The largest absolute Gasteiger partial charge is 0.497 e. The molecule has 0 unspecified atom stereocenters. The van der Waals surface area contributed by atoms with Gasteiger partial charge in [0.05, 0.1) is 17.8 Å². The van der Waals surface area contributed by atoms with E-state index in [1.165, 1.54) is 4.88 Å². The van der Waals surface area contributed by atoms with Crippen molar-refractivity contribution >= 4 is 22.9 Å². The molecule has 0 radical (unpaired) electrons. The Kier molecular flexibility index (Phi) is 5.38. The topological polar surface area (TPSA) is 51.2 Å². The van der Waals surface area contributed by atoms with Crippen molar-refractivity contribution in [1.82, 2.24) is 4.98 Å². The molecule has 134 valence electrons. The number of aromatic nitrogens is 1. The molecule has 26 heavy (non-hydrogen) atoms. The summed E-state index contributed by atoms with van der Waals surface area (Å²) < 4.78 is 5.18. The highest BCUT2D eigenvalue weighted by Crippen LogP contribution is 2.32. The summed E-state index contributed by atoms with van der Waals surface area (Å²) in [4.78, 5) is 18.5. The lowest BCUT2D eigenvalue weighted by molar-refractivity contribution is 0.102. The number of methoxy groups -OCH3 is 1. The van der Waals surface area contributed by atoms with E-state index in [0.29, 0.717) is 17.2 Å². The van der Waals surface area contributed by atoms with E-state index < -0.39 is 0 Å². The number of anilines is 1. The fourth-order valence-corrected chi connectivity index (χ4v) is 3.59. The third-order valence-electron chi connectivity index (χ3n) is 4.03. The van der Waals surface area contributed by atoms with Crippen LogP contribution in [-0.4, -0.2) is 18.0 Å². The van der Waals surface area contributed by atoms with Gasteiger partial charge >= 0.3 is 0 Å². The summed E-state index contributed by atoms with van der Waals surface area (Å²) in [6.45, 7) is 6.38. The molecule has 0 aliphatic heterocycles. The van der Waals surface area contributed by atoms with Crippen LogP contribution in [0.3, 0.4) is 0 Å². The van der Waals surface area contributed by atoms with Crippen molar-refractivity contribution in [3.8, 4) is 17.0 Å². The number of benzene rings is 2. The lowest BCUT2D eigenvalue weighted by atomic mass is 10.1. The first-order valence-electron chi connectivity index (χ1n) is 8.51. The van der Waals surface area contributed by atoms with Crippen LogP contribution in [0.15, 0.2) is 48.5 Å². The maximum absolute atomic E-state index is 12.5. The number of hydrogen-bond donors (Lipinski definition) is 1. The highest BCUT2D eigenvalue weighted by atomic mass is 32.1. The van der Waals surface area contributed by atoms with Gasteiger partial charge < -0.3 is 10.1 Å². The summed E-state index contributed by atoms with van der Waals surface area (Å²) in [5, 5.41) is 4.08. The van der Waals surface area contributed by atoms with E-state index in [1.807, 2.05) is 30.3 Å². The van der Waals surface area contributed by atoms with Crippen LogP contribution in [0.2, 0.25) is 0 Å². The predicted molar refractivity (Wildman–Crippen MR) is 107 cm³/mol. The first kappa shape index (κ1) is 18.1. The van der Waals surface area contributed by atoms with Crippen molar-refractivity contribution in [2.75, 3.05) is 12.4 Å². The van der Waals surface area contributed by atoms with Gasteiger partial charge in [0, 0.05) is 27.6 Å². The number of ether oxygens (including phenoxy) is 1. The van der Waals surface area contributed by atoms with Crippen LogP contribution in [0.1, 0.15) is 40.0 Å². The summed E-state index contributed by atoms with van der Waals surface area (Å²) >= 11 is 1.73. The number of carbonyl (C=O) groups excluding carboxylic acids is 1. The van der Waals surface area contributed by atoms with Crippen molar-refractivity contribution < 1.29 is 9.53 Å². The quantitative estimate of drug-likeness (QED) is 0.648. The summed E-state index contributed by atoms with van der Waals surface area (Å²) in [5.41, 5.74) is 3.29. The van der Waals surface area contributed by atoms with E-state index in [9.17, 15) is 4.79 Å². The Bertz CT molecular complexity index is 931. The number of nitrogens with zero attached hydrogens (tertiary/aromatic N) is 1. The second-order valence-electron chi connectivity index (χ2n) is 6.38. The summed E-state index contributed by atoms with van der Waals surface area (Å²) in [5.74, 6) is 0.896. The molecule has 0 spiro atoms. The molecule has 0 atom stereocenters. The lowest BCUT2D eigenvalue weighted by Gasteiger charge is -2.08. The standard InChI is InChI=1S/C21H22N2O2S/c1-13(2)21-23-19(14(3)26-21)15-7-5-9-17(11-15)22-20(24)16-8-6-10-18(12-16)25-4/h5-13H,1-4H3,(H,22,24). The molecule has 0 fully saturated rings. The van der Waals surface area contributed by atoms with Gasteiger partial charge in [0.15, 0.2) is 0 Å². The van der Waals surface area contributed by atoms with E-state index in [-0.39, 0.29) is 5.91 Å². The number of rotatable bonds is 5. The molecule has 1 amide bonds. The first-order valence-corrected chi connectivity index (χ1v) is 9.32. The number of nitrogens with one attached hydrogen (secondary N) is 1. The molecule has 5 heteroatoms. The highest BCUT2D eigenvalue weighted by Gasteiger charge is 2.13. The molecular formula is C21H22N2O2S. The maximum Gasteiger partial charge on any atom is 0.255 e. The van der Waals surface area contributed by atoms with Gasteiger partial charge in [-0.05, 0) is 37.3 Å². The van der Waals surface area contributed by atoms with E-state index in [0.717, 1.165) is 22.0 Å². The Morgan fingerprint density at radius 3 is 2.62 bits per heavy atom. The highest BCUT2D eigenvalue weighted by molar-refractivity contribution is 7.12. The van der Waals surface area contributed by atoms with Gasteiger partial charge in [-0.25, -0.2) is 4.98 Å². The van der Waals surface area contributed by atoms with Gasteiger partial charge in [-0.1, -0.05) is 32.0 Å². The molecule has 1 N–H and O–H groups in total. The van der Waals surface area contributed by atoms with Crippen LogP contribution < -0.4 is 10.1 Å². The van der Waals surface area contributed by atoms with Crippen molar-refractivity contribution in [2.45, 2.75) is 26.7 Å². The van der Waals surface area contributed by atoms with Gasteiger partial charge in [0.2, 0.25) is 0 Å². The zero-order valence-corrected chi connectivity index (χ0v) is 16.2. The van der Waals surface area contributed by atoms with Crippen molar-refractivity contribution in [3.63, 3.8) is 0 Å². The zero-order chi connectivity index (χ0) is 18.7. The molecule has 3 aromatic rings. The molecular weight excluding hydrogens is 344 g/mol. The minimum atomic E-state index is -0.168. The van der Waals surface area contributed by atoms with Crippen LogP contribution in [0.25, 0.3) is 11.3 Å². The maximum atomic E-state index is 12.5. The number of carbonyl (C=O) groups is 1. The van der Waals surface area contributed by atoms with Gasteiger partial charge in [0.1, 0.15) is 5.75 Å². The molecule has 0 aliphatic carbocycles. The zero-order valence-electron chi connectivity index (χ0n) is 15.4. The van der Waals surface area contributed by atoms with Gasteiger partial charge in [-0.3, -0.25) is 4.79 Å². The Morgan fingerprint density at radius 2 is 1.92 bits per heavy atom. The molecule has 1 heterocycles. The van der Waals surface area contributed by atoms with E-state index in [2.05, 4.69) is 26.1 Å². The van der Waals surface area contributed by atoms with Gasteiger partial charge in [-0.2, -0.15) is 0 Å². The second-order valence-corrected chi connectivity index (χ2v) is 7.61. The monoisotopic (exact) mass is 366 g/mol. The average Bonchev–Trinajstić information content (AvgIpc) is 3.04. The molecule has 2 aromatic carbocycles. The van der Waals surface area contributed by atoms with Crippen LogP contribution in [-0.2, 0) is 0 Å². The van der Waals surface area contributed by atoms with E-state index in [4.69, 9.17) is 9.72 Å². The Balaban J connectivity index is 1.84. The molecule has 0 bridgehead atoms. The Morgan fingerprint density at radius 1 is 1.15 bits per heavy atom. The fourth-order valence-electron chi connectivity index (χ4n) is 2.64. The van der Waals surface area contributed by atoms with E-state index >= 15 is 0 Å². The van der Waals surface area contributed by atoms with Gasteiger partial charge in [-0.15, -0.1) is 11.3 Å². The number of hydrogen-bond acceptors (Lipinski definition) is 4. The van der Waals surface area contributed by atoms with Gasteiger partial charge in [0.25, 0.3) is 5.91 Å². The molecule has 0 saturated carbocycles. The third kappa shape index (κ3) is 3.94. The SMILES string of the molecule is COc1cccc(C(=O)Nc2cccc(-c3nc(C(C)C)sc3C)c2)c1. The third-order valence-corrected chi connectivity index (χ3v) is 5.30. The Labute approximate surface area is 157 Å². The smallest absolute Gasteiger partial charge is 0.255 e. The van der Waals surface area contributed by atoms with Crippen LogP contribution in [0.5, 0.6) is 5.75 Å². The molecule has 4 nitrogen and oxygen atoms in total. The van der Waals surface area contributed by atoms with Crippen LogP contribution in [0, 0.1) is 6.92 Å². The van der Waals surface area contributed by atoms with Crippen LogP contribution in [0.4, 0.5) is 5.69 Å². The van der Waals surface area contributed by atoms with Crippen molar-refractivity contribution in [2.24, 2.45) is 0 Å². The van der Waals surface area contributed by atoms with Crippen LogP contribution >= 0.6 is 11.3 Å². The number of amides is 1. The number of aryl methyl sites for hydroxylation is 1. The normalized spacial score (nSPS) is 10.8.